The minimum absolute atomic E-state index is 0.234. The molecule has 0 radical (unpaired) electrons. The van der Waals surface area contributed by atoms with E-state index in [9.17, 15) is 8.42 Å². The summed E-state index contributed by atoms with van der Waals surface area (Å²) in [5.41, 5.74) is 0. The highest BCUT2D eigenvalue weighted by molar-refractivity contribution is 7.90. The summed E-state index contributed by atoms with van der Waals surface area (Å²) in [7, 11) is -3.18. The molecule has 1 fully saturated rings. The van der Waals surface area contributed by atoms with Gasteiger partial charge in [0.1, 0.15) is 0 Å². The van der Waals surface area contributed by atoms with Crippen molar-refractivity contribution in [2.24, 2.45) is 11.1 Å². The van der Waals surface area contributed by atoms with Gasteiger partial charge in [0.15, 0.2) is 0 Å². The van der Waals surface area contributed by atoms with Gasteiger partial charge >= 0.3 is 0 Å². The molecule has 2 atom stereocenters. The van der Waals surface area contributed by atoms with E-state index in [0.717, 1.165) is 6.42 Å². The first-order valence-electron chi connectivity index (χ1n) is 2.53. The summed E-state index contributed by atoms with van der Waals surface area (Å²) in [5, 5.41) is 4.57. The Kier molecular flexibility index (Phi) is 1.09. The molecule has 0 aromatic rings. The Balaban J connectivity index is 2.66. The summed E-state index contributed by atoms with van der Waals surface area (Å²) in [6, 6.07) is 0. The third-order valence-electron chi connectivity index (χ3n) is 1.46. The predicted octanol–water partition coefficient (Wildman–Crippen LogP) is -0.317. The van der Waals surface area contributed by atoms with E-state index in [2.05, 4.69) is 0 Å². The summed E-state index contributed by atoms with van der Waals surface area (Å²) in [6.07, 6.45) is 0.749. The molecule has 2 N–H and O–H groups in total. The molecule has 1 saturated carbocycles. The quantitative estimate of drug-likeness (QED) is 0.535. The maximum Gasteiger partial charge on any atom is 0.212 e. The van der Waals surface area contributed by atoms with E-state index in [1.807, 2.05) is 6.92 Å². The lowest BCUT2D eigenvalue weighted by atomic mass is 10.5. The molecule has 0 spiro atoms. The molecule has 0 aliphatic heterocycles. The molecule has 0 bridgehead atoms. The molecule has 0 saturated heterocycles. The molecule has 1 rings (SSSR count). The van der Waals surface area contributed by atoms with Gasteiger partial charge in [0.25, 0.3) is 0 Å². The van der Waals surface area contributed by atoms with E-state index in [-0.39, 0.29) is 5.25 Å². The smallest absolute Gasteiger partial charge is 0.212 e. The van der Waals surface area contributed by atoms with Gasteiger partial charge in [0, 0.05) is 0 Å². The Morgan fingerprint density at radius 3 is 2.00 bits per heavy atom. The largest absolute Gasteiger partial charge is 0.228 e. The Hall–Kier alpha value is -0.0900. The van der Waals surface area contributed by atoms with E-state index in [1.54, 1.807) is 0 Å². The fourth-order valence-electron chi connectivity index (χ4n) is 0.746. The van der Waals surface area contributed by atoms with Crippen molar-refractivity contribution in [3.8, 4) is 0 Å². The van der Waals surface area contributed by atoms with Gasteiger partial charge in [-0.1, -0.05) is 6.92 Å². The Morgan fingerprint density at radius 2 is 2.00 bits per heavy atom. The standard InChI is InChI=1S/C4H9NO2S/c1-3-2-4(3)8(5,6)7/h3-4H,2H2,1H3,(H2,5,6,7)/t3-,4-/m1/s1. The second kappa shape index (κ2) is 1.45. The maximum atomic E-state index is 10.4. The number of rotatable bonds is 1. The van der Waals surface area contributed by atoms with Crippen LogP contribution in [-0.2, 0) is 10.0 Å². The van der Waals surface area contributed by atoms with Crippen molar-refractivity contribution < 1.29 is 8.42 Å². The zero-order valence-electron chi connectivity index (χ0n) is 4.66. The molecule has 1 aliphatic carbocycles. The van der Waals surface area contributed by atoms with Gasteiger partial charge in [-0.25, -0.2) is 13.6 Å². The Morgan fingerprint density at radius 1 is 1.62 bits per heavy atom. The van der Waals surface area contributed by atoms with E-state index in [0.29, 0.717) is 5.92 Å². The lowest BCUT2D eigenvalue weighted by molar-refractivity contribution is 0.594. The van der Waals surface area contributed by atoms with Gasteiger partial charge in [-0.15, -0.1) is 0 Å². The topological polar surface area (TPSA) is 60.2 Å². The molecule has 3 nitrogen and oxygen atoms in total. The molecule has 48 valence electrons. The molecule has 8 heavy (non-hydrogen) atoms. The fourth-order valence-corrected chi connectivity index (χ4v) is 1.97. The van der Waals surface area contributed by atoms with Crippen molar-refractivity contribution in [1.82, 2.24) is 0 Å². The molecule has 4 heteroatoms. The van der Waals surface area contributed by atoms with Crippen LogP contribution in [0.5, 0.6) is 0 Å². The van der Waals surface area contributed by atoms with Crippen LogP contribution in [0.25, 0.3) is 0 Å². The van der Waals surface area contributed by atoms with E-state index in [4.69, 9.17) is 5.14 Å². The lowest BCUT2D eigenvalue weighted by Gasteiger charge is -1.87. The number of hydrogen-bond donors (Lipinski definition) is 1. The SMILES string of the molecule is C[C@@H]1C[C@H]1S(N)(=O)=O. The van der Waals surface area contributed by atoms with Gasteiger partial charge in [-0.3, -0.25) is 0 Å². The molecule has 0 aromatic carbocycles. The van der Waals surface area contributed by atoms with Crippen LogP contribution in [0.4, 0.5) is 0 Å². The van der Waals surface area contributed by atoms with Crippen LogP contribution >= 0.6 is 0 Å². The fraction of sp³-hybridized carbons (Fsp3) is 1.00. The molecule has 0 heterocycles. The summed E-state index contributed by atoms with van der Waals surface area (Å²) < 4.78 is 20.8. The lowest BCUT2D eigenvalue weighted by Crippen LogP contribution is -2.18. The second-order valence-electron chi connectivity index (χ2n) is 2.34. The van der Waals surface area contributed by atoms with Crippen LogP contribution in [0, 0.1) is 5.92 Å². The third-order valence-corrected chi connectivity index (χ3v) is 2.96. The van der Waals surface area contributed by atoms with Gasteiger partial charge in [0.2, 0.25) is 10.0 Å². The summed E-state index contributed by atoms with van der Waals surface area (Å²) in [5.74, 6) is 0.296. The predicted molar refractivity (Wildman–Crippen MR) is 30.7 cm³/mol. The first kappa shape index (κ1) is 6.04. The van der Waals surface area contributed by atoms with Crippen molar-refractivity contribution >= 4 is 10.0 Å². The van der Waals surface area contributed by atoms with Crippen LogP contribution in [0.2, 0.25) is 0 Å². The zero-order chi connectivity index (χ0) is 6.36. The van der Waals surface area contributed by atoms with Gasteiger partial charge in [-0.05, 0) is 12.3 Å². The third kappa shape index (κ3) is 1.00. The van der Waals surface area contributed by atoms with Gasteiger partial charge in [0.05, 0.1) is 5.25 Å². The van der Waals surface area contributed by atoms with Crippen LogP contribution in [0.15, 0.2) is 0 Å². The van der Waals surface area contributed by atoms with Crippen molar-refractivity contribution in [2.75, 3.05) is 0 Å². The van der Waals surface area contributed by atoms with Crippen LogP contribution in [0.3, 0.4) is 0 Å². The molecule has 0 aromatic heterocycles. The average Bonchev–Trinajstić information content (AvgIpc) is 2.13. The molecule has 0 unspecified atom stereocenters. The number of hydrogen-bond acceptors (Lipinski definition) is 2. The van der Waals surface area contributed by atoms with Crippen LogP contribution in [0.1, 0.15) is 13.3 Å². The van der Waals surface area contributed by atoms with Crippen molar-refractivity contribution in [2.45, 2.75) is 18.6 Å². The minimum atomic E-state index is -3.18. The highest BCUT2D eigenvalue weighted by Crippen LogP contribution is 2.34. The summed E-state index contributed by atoms with van der Waals surface area (Å²) in [6.45, 7) is 1.88. The molecular formula is C4H9NO2S. The highest BCUT2D eigenvalue weighted by atomic mass is 32.2. The van der Waals surface area contributed by atoms with Crippen molar-refractivity contribution in [3.63, 3.8) is 0 Å². The highest BCUT2D eigenvalue weighted by Gasteiger charge is 2.41. The van der Waals surface area contributed by atoms with Crippen LogP contribution in [-0.4, -0.2) is 13.7 Å². The van der Waals surface area contributed by atoms with Gasteiger partial charge < -0.3 is 0 Å². The first-order valence-corrected chi connectivity index (χ1v) is 4.14. The number of primary sulfonamides is 1. The monoisotopic (exact) mass is 135 g/mol. The summed E-state index contributed by atoms with van der Waals surface area (Å²) in [4.78, 5) is 0. The molecule has 1 aliphatic rings. The second-order valence-corrected chi connectivity index (χ2v) is 4.12. The van der Waals surface area contributed by atoms with E-state index < -0.39 is 10.0 Å². The van der Waals surface area contributed by atoms with Gasteiger partial charge in [-0.2, -0.15) is 0 Å². The average molecular weight is 135 g/mol. The van der Waals surface area contributed by atoms with Crippen LogP contribution < -0.4 is 5.14 Å². The molecule has 0 amide bonds. The van der Waals surface area contributed by atoms with E-state index >= 15 is 0 Å². The summed E-state index contributed by atoms with van der Waals surface area (Å²) >= 11 is 0. The Labute approximate surface area is 48.9 Å². The minimum Gasteiger partial charge on any atom is -0.228 e. The number of nitrogens with two attached hydrogens (primary N) is 1. The maximum absolute atomic E-state index is 10.4. The zero-order valence-corrected chi connectivity index (χ0v) is 5.48. The first-order chi connectivity index (χ1) is 3.52. The van der Waals surface area contributed by atoms with Crippen molar-refractivity contribution in [1.29, 1.82) is 0 Å². The Bertz CT molecular complexity index is 184. The normalized spacial score (nSPS) is 37.2. The number of sulfonamides is 1. The van der Waals surface area contributed by atoms with E-state index in [1.165, 1.54) is 0 Å². The van der Waals surface area contributed by atoms with Crippen molar-refractivity contribution in [3.05, 3.63) is 0 Å². The molecular weight excluding hydrogens is 126 g/mol.